The fraction of sp³-hybridized carbons (Fsp3) is 0.222. The Bertz CT molecular complexity index is 366. The number of carbonyl (C=O) groups is 1. The van der Waals surface area contributed by atoms with Gasteiger partial charge in [0.1, 0.15) is 5.82 Å². The number of carboxylic acid groups (broad SMARTS) is 1. The maximum absolute atomic E-state index is 13.3. The Balaban J connectivity index is 2.95. The van der Waals surface area contributed by atoms with Crippen LogP contribution in [0.5, 0.6) is 0 Å². The molecule has 1 rings (SSSR count). The summed E-state index contributed by atoms with van der Waals surface area (Å²) in [6.45, 7) is 0. The molecule has 0 aliphatic rings. The molecule has 14 heavy (non-hydrogen) atoms. The monoisotopic (exact) mass is 236 g/mol. The van der Waals surface area contributed by atoms with Crippen LogP contribution < -0.4 is 0 Å². The molecule has 5 heteroatoms. The van der Waals surface area contributed by atoms with E-state index in [1.54, 1.807) is 0 Å². The van der Waals surface area contributed by atoms with Crippen molar-refractivity contribution < 1.29 is 14.3 Å². The second-order valence-corrected chi connectivity index (χ2v) is 3.53. The van der Waals surface area contributed by atoms with Crippen molar-refractivity contribution in [2.75, 3.05) is 0 Å². The summed E-state index contributed by atoms with van der Waals surface area (Å²) in [6.07, 6.45) is -0.127. The van der Waals surface area contributed by atoms with Crippen molar-refractivity contribution in [3.63, 3.8) is 0 Å². The molecule has 1 aromatic carbocycles. The van der Waals surface area contributed by atoms with Crippen molar-refractivity contribution >= 4 is 29.2 Å². The number of hydrogen-bond acceptors (Lipinski definition) is 1. The molecule has 0 amide bonds. The number of aliphatic carboxylic acids is 1. The van der Waals surface area contributed by atoms with Gasteiger partial charge in [-0.3, -0.25) is 4.79 Å². The molecule has 0 spiro atoms. The summed E-state index contributed by atoms with van der Waals surface area (Å²) in [7, 11) is 0. The Morgan fingerprint density at radius 1 is 1.36 bits per heavy atom. The van der Waals surface area contributed by atoms with Gasteiger partial charge in [0, 0.05) is 17.0 Å². The summed E-state index contributed by atoms with van der Waals surface area (Å²) in [6, 6.07) is 2.79. The Morgan fingerprint density at radius 2 is 1.93 bits per heavy atom. The van der Waals surface area contributed by atoms with E-state index in [1.807, 2.05) is 0 Å². The molecule has 1 aromatic rings. The third-order valence-electron chi connectivity index (χ3n) is 1.73. The van der Waals surface area contributed by atoms with Crippen LogP contribution in [0.1, 0.15) is 12.0 Å². The minimum absolute atomic E-state index is 0.0422. The van der Waals surface area contributed by atoms with Crippen molar-refractivity contribution in [2.45, 2.75) is 12.8 Å². The van der Waals surface area contributed by atoms with Gasteiger partial charge in [-0.25, -0.2) is 4.39 Å². The van der Waals surface area contributed by atoms with E-state index in [9.17, 15) is 9.18 Å². The molecule has 0 bridgehead atoms. The normalized spacial score (nSPS) is 10.2. The van der Waals surface area contributed by atoms with Gasteiger partial charge < -0.3 is 5.11 Å². The molecule has 0 saturated carbocycles. The van der Waals surface area contributed by atoms with Crippen molar-refractivity contribution in [3.05, 3.63) is 33.6 Å². The predicted octanol–water partition coefficient (Wildman–Crippen LogP) is 3.15. The predicted molar refractivity (Wildman–Crippen MR) is 52.4 cm³/mol. The summed E-state index contributed by atoms with van der Waals surface area (Å²) in [4.78, 5) is 10.3. The van der Waals surface area contributed by atoms with E-state index in [4.69, 9.17) is 28.3 Å². The standard InChI is InChI=1S/C9H7Cl2FO2/c10-6-2-3-7(11)9(12)5(6)1-4-8(13)14/h2-3H,1,4H2,(H,13,14). The molecule has 0 aromatic heterocycles. The molecule has 76 valence electrons. The van der Waals surface area contributed by atoms with Gasteiger partial charge in [0.15, 0.2) is 0 Å². The zero-order valence-corrected chi connectivity index (χ0v) is 8.57. The number of hydrogen-bond donors (Lipinski definition) is 1. The first-order chi connectivity index (χ1) is 6.52. The summed E-state index contributed by atoms with van der Waals surface area (Å²) >= 11 is 11.2. The molecule has 1 N–H and O–H groups in total. The summed E-state index contributed by atoms with van der Waals surface area (Å²) in [5.41, 5.74) is 0.154. The molecule has 0 aliphatic carbocycles. The van der Waals surface area contributed by atoms with Crippen LogP contribution in [0.2, 0.25) is 10.0 Å². The van der Waals surface area contributed by atoms with Crippen LogP contribution in [0, 0.1) is 5.82 Å². The van der Waals surface area contributed by atoms with Crippen LogP contribution in [0.4, 0.5) is 4.39 Å². The first kappa shape index (κ1) is 11.3. The first-order valence-corrected chi connectivity index (χ1v) is 4.62. The van der Waals surface area contributed by atoms with Gasteiger partial charge in [0.05, 0.1) is 5.02 Å². The van der Waals surface area contributed by atoms with E-state index < -0.39 is 11.8 Å². The van der Waals surface area contributed by atoms with Crippen LogP contribution in [0.15, 0.2) is 12.1 Å². The SMILES string of the molecule is O=C(O)CCc1c(Cl)ccc(Cl)c1F. The number of halogens is 3. The van der Waals surface area contributed by atoms with Crippen LogP contribution in [0.3, 0.4) is 0 Å². The minimum atomic E-state index is -1.000. The summed E-state index contributed by atoms with van der Waals surface area (Å²) in [5.74, 6) is -1.64. The zero-order chi connectivity index (χ0) is 10.7. The van der Waals surface area contributed by atoms with Gasteiger partial charge in [-0.2, -0.15) is 0 Å². The molecule has 0 atom stereocenters. The maximum atomic E-state index is 13.3. The molecule has 0 heterocycles. The van der Waals surface area contributed by atoms with Crippen molar-refractivity contribution in [2.24, 2.45) is 0 Å². The Morgan fingerprint density at radius 3 is 2.50 bits per heavy atom. The minimum Gasteiger partial charge on any atom is -0.481 e. The van der Waals surface area contributed by atoms with Crippen molar-refractivity contribution in [3.8, 4) is 0 Å². The second-order valence-electron chi connectivity index (χ2n) is 2.72. The van der Waals surface area contributed by atoms with Crippen LogP contribution in [0.25, 0.3) is 0 Å². The van der Waals surface area contributed by atoms with Gasteiger partial charge in [0.25, 0.3) is 0 Å². The fourth-order valence-electron chi connectivity index (χ4n) is 1.03. The van der Waals surface area contributed by atoms with Gasteiger partial charge >= 0.3 is 5.97 Å². The lowest BCUT2D eigenvalue weighted by Crippen LogP contribution is -2.00. The molecule has 0 saturated heterocycles. The smallest absolute Gasteiger partial charge is 0.303 e. The lowest BCUT2D eigenvalue weighted by Gasteiger charge is -2.05. The van der Waals surface area contributed by atoms with Crippen molar-refractivity contribution in [1.29, 1.82) is 0 Å². The van der Waals surface area contributed by atoms with Gasteiger partial charge in [-0.15, -0.1) is 0 Å². The largest absolute Gasteiger partial charge is 0.481 e. The molecular weight excluding hydrogens is 230 g/mol. The summed E-state index contributed by atoms with van der Waals surface area (Å²) in [5, 5.41) is 8.58. The van der Waals surface area contributed by atoms with Crippen molar-refractivity contribution in [1.82, 2.24) is 0 Å². The van der Waals surface area contributed by atoms with E-state index in [0.717, 1.165) is 0 Å². The lowest BCUT2D eigenvalue weighted by molar-refractivity contribution is -0.136. The Hall–Kier alpha value is -0.800. The average molecular weight is 237 g/mol. The number of benzene rings is 1. The molecule has 0 radical (unpaired) electrons. The van der Waals surface area contributed by atoms with Gasteiger partial charge in [-0.1, -0.05) is 23.2 Å². The Labute approximate surface area is 90.3 Å². The van der Waals surface area contributed by atoms with Crippen LogP contribution in [-0.2, 0) is 11.2 Å². The van der Waals surface area contributed by atoms with E-state index >= 15 is 0 Å². The Kier molecular flexibility index (Phi) is 3.72. The second kappa shape index (κ2) is 4.62. The van der Waals surface area contributed by atoms with E-state index in [0.29, 0.717) is 0 Å². The van der Waals surface area contributed by atoms with Crippen LogP contribution in [-0.4, -0.2) is 11.1 Å². The highest BCUT2D eigenvalue weighted by Gasteiger charge is 2.12. The van der Waals surface area contributed by atoms with E-state index in [1.165, 1.54) is 12.1 Å². The third kappa shape index (κ3) is 2.59. The number of rotatable bonds is 3. The van der Waals surface area contributed by atoms with Crippen LogP contribution >= 0.6 is 23.2 Å². The summed E-state index contributed by atoms with van der Waals surface area (Å²) < 4.78 is 13.3. The van der Waals surface area contributed by atoms with Gasteiger partial charge in [0.2, 0.25) is 0 Å². The lowest BCUT2D eigenvalue weighted by atomic mass is 10.1. The molecule has 0 fully saturated rings. The van der Waals surface area contributed by atoms with E-state index in [-0.39, 0.29) is 28.5 Å². The highest BCUT2D eigenvalue weighted by atomic mass is 35.5. The topological polar surface area (TPSA) is 37.3 Å². The quantitative estimate of drug-likeness (QED) is 0.820. The molecule has 0 aliphatic heterocycles. The average Bonchev–Trinajstić information content (AvgIpc) is 2.11. The molecular formula is C9H7Cl2FO2. The first-order valence-electron chi connectivity index (χ1n) is 3.86. The maximum Gasteiger partial charge on any atom is 0.303 e. The zero-order valence-electron chi connectivity index (χ0n) is 7.06. The highest BCUT2D eigenvalue weighted by molar-refractivity contribution is 6.33. The van der Waals surface area contributed by atoms with Gasteiger partial charge in [-0.05, 0) is 18.6 Å². The highest BCUT2D eigenvalue weighted by Crippen LogP contribution is 2.26. The molecule has 0 unspecified atom stereocenters. The number of carboxylic acids is 1. The molecule has 2 nitrogen and oxygen atoms in total. The third-order valence-corrected chi connectivity index (χ3v) is 2.37. The fourth-order valence-corrected chi connectivity index (χ4v) is 1.45. The van der Waals surface area contributed by atoms with E-state index in [2.05, 4.69) is 0 Å².